The van der Waals surface area contributed by atoms with Crippen LogP contribution in [0, 0.1) is 0 Å². The van der Waals surface area contributed by atoms with Crippen molar-refractivity contribution in [3.63, 3.8) is 0 Å². The van der Waals surface area contributed by atoms with Crippen LogP contribution in [-0.2, 0) is 0 Å². The lowest BCUT2D eigenvalue weighted by Gasteiger charge is -2.02. The lowest BCUT2D eigenvalue weighted by atomic mass is 10.2. The highest BCUT2D eigenvalue weighted by atomic mass is 16.5. The van der Waals surface area contributed by atoms with Gasteiger partial charge in [-0.2, -0.15) is 5.10 Å². The van der Waals surface area contributed by atoms with Crippen LogP contribution in [0.25, 0.3) is 0 Å². The first kappa shape index (κ1) is 11.9. The Morgan fingerprint density at radius 1 is 1.39 bits per heavy atom. The maximum Gasteiger partial charge on any atom is 0.271 e. The summed E-state index contributed by atoms with van der Waals surface area (Å²) in [7, 11) is 1.55. The van der Waals surface area contributed by atoms with Crippen LogP contribution >= 0.6 is 0 Å². The van der Waals surface area contributed by atoms with Gasteiger partial charge in [-0.3, -0.25) is 4.79 Å². The first-order valence-electron chi connectivity index (χ1n) is 5.30. The molecule has 5 heteroatoms. The predicted molar refractivity (Wildman–Crippen MR) is 66.8 cm³/mol. The molecule has 0 fully saturated rings. The molecule has 1 heterocycles. The Labute approximate surface area is 104 Å². The fourth-order valence-corrected chi connectivity index (χ4v) is 1.35. The molecule has 0 unspecified atom stereocenters. The SMILES string of the molecule is COc1cccc(C(=O)N/N=C/c2ccco2)c1. The normalized spacial score (nSPS) is 10.5. The quantitative estimate of drug-likeness (QED) is 0.661. The monoisotopic (exact) mass is 244 g/mol. The van der Waals surface area contributed by atoms with Gasteiger partial charge in [0.2, 0.25) is 0 Å². The number of nitrogens with zero attached hydrogens (tertiary/aromatic N) is 1. The molecular weight excluding hydrogens is 232 g/mol. The Bertz CT molecular complexity index is 547. The molecule has 0 bridgehead atoms. The highest BCUT2D eigenvalue weighted by Crippen LogP contribution is 2.12. The maximum absolute atomic E-state index is 11.7. The van der Waals surface area contributed by atoms with E-state index in [1.54, 1.807) is 43.5 Å². The second kappa shape index (κ2) is 5.67. The van der Waals surface area contributed by atoms with E-state index in [1.165, 1.54) is 12.5 Å². The number of carbonyl (C=O) groups is 1. The van der Waals surface area contributed by atoms with Crippen LogP contribution in [0.4, 0.5) is 0 Å². The Hall–Kier alpha value is -2.56. The molecule has 1 amide bonds. The minimum absolute atomic E-state index is 0.309. The van der Waals surface area contributed by atoms with E-state index >= 15 is 0 Å². The summed E-state index contributed by atoms with van der Waals surface area (Å²) in [4.78, 5) is 11.7. The Balaban J connectivity index is 1.99. The van der Waals surface area contributed by atoms with Gasteiger partial charge in [-0.15, -0.1) is 0 Å². The molecule has 18 heavy (non-hydrogen) atoms. The largest absolute Gasteiger partial charge is 0.497 e. The average molecular weight is 244 g/mol. The van der Waals surface area contributed by atoms with Gasteiger partial charge in [0, 0.05) is 5.56 Å². The summed E-state index contributed by atoms with van der Waals surface area (Å²) in [5, 5.41) is 3.79. The third-order valence-electron chi connectivity index (χ3n) is 2.23. The van der Waals surface area contributed by atoms with Gasteiger partial charge < -0.3 is 9.15 Å². The molecule has 92 valence electrons. The predicted octanol–water partition coefficient (Wildman–Crippen LogP) is 2.05. The minimum Gasteiger partial charge on any atom is -0.497 e. The average Bonchev–Trinajstić information content (AvgIpc) is 2.92. The van der Waals surface area contributed by atoms with E-state index in [0.717, 1.165) is 0 Å². The Morgan fingerprint density at radius 2 is 2.28 bits per heavy atom. The van der Waals surface area contributed by atoms with E-state index < -0.39 is 0 Å². The number of hydrazone groups is 1. The number of nitrogens with one attached hydrogen (secondary N) is 1. The molecule has 2 rings (SSSR count). The fraction of sp³-hybridized carbons (Fsp3) is 0.0769. The molecule has 0 atom stereocenters. The van der Waals surface area contributed by atoms with E-state index in [4.69, 9.17) is 9.15 Å². The van der Waals surface area contributed by atoms with Gasteiger partial charge in [-0.05, 0) is 30.3 Å². The van der Waals surface area contributed by atoms with Crippen molar-refractivity contribution in [2.75, 3.05) is 7.11 Å². The van der Waals surface area contributed by atoms with Crippen LogP contribution in [0.3, 0.4) is 0 Å². The summed E-state index contributed by atoms with van der Waals surface area (Å²) in [5.41, 5.74) is 2.88. The number of rotatable bonds is 4. The molecular formula is C13H12N2O3. The smallest absolute Gasteiger partial charge is 0.271 e. The van der Waals surface area contributed by atoms with Crippen molar-refractivity contribution in [1.29, 1.82) is 0 Å². The fourth-order valence-electron chi connectivity index (χ4n) is 1.35. The molecule has 1 aromatic heterocycles. The molecule has 1 N–H and O–H groups in total. The highest BCUT2D eigenvalue weighted by Gasteiger charge is 2.04. The third-order valence-corrected chi connectivity index (χ3v) is 2.23. The van der Waals surface area contributed by atoms with Crippen LogP contribution in [0.15, 0.2) is 52.2 Å². The molecule has 0 aliphatic carbocycles. The number of methoxy groups -OCH3 is 1. The van der Waals surface area contributed by atoms with Crippen molar-refractivity contribution >= 4 is 12.1 Å². The number of carbonyl (C=O) groups excluding carboxylic acids is 1. The first-order valence-corrected chi connectivity index (χ1v) is 5.30. The van der Waals surface area contributed by atoms with Crippen molar-refractivity contribution in [2.45, 2.75) is 0 Å². The Morgan fingerprint density at radius 3 is 3.00 bits per heavy atom. The molecule has 0 aliphatic heterocycles. The van der Waals surface area contributed by atoms with Gasteiger partial charge in [0.1, 0.15) is 11.5 Å². The van der Waals surface area contributed by atoms with E-state index in [1.807, 2.05) is 0 Å². The van der Waals surface area contributed by atoms with Gasteiger partial charge in [-0.1, -0.05) is 6.07 Å². The molecule has 0 aliphatic rings. The summed E-state index contributed by atoms with van der Waals surface area (Å²) in [6.45, 7) is 0. The van der Waals surface area contributed by atoms with Crippen LogP contribution < -0.4 is 10.2 Å². The van der Waals surface area contributed by atoms with E-state index in [2.05, 4.69) is 10.5 Å². The van der Waals surface area contributed by atoms with Gasteiger partial charge in [0.25, 0.3) is 5.91 Å². The molecule has 1 aromatic carbocycles. The summed E-state index contributed by atoms with van der Waals surface area (Å²) >= 11 is 0. The van der Waals surface area contributed by atoms with Gasteiger partial charge >= 0.3 is 0 Å². The standard InChI is InChI=1S/C13H12N2O3/c1-17-11-5-2-4-10(8-11)13(16)15-14-9-12-6-3-7-18-12/h2-9H,1H3,(H,15,16)/b14-9+. The van der Waals surface area contributed by atoms with Crippen molar-refractivity contribution in [3.8, 4) is 5.75 Å². The van der Waals surface area contributed by atoms with Crippen LogP contribution in [0.1, 0.15) is 16.1 Å². The van der Waals surface area contributed by atoms with Crippen molar-refractivity contribution in [2.24, 2.45) is 5.10 Å². The molecule has 0 saturated heterocycles. The molecule has 5 nitrogen and oxygen atoms in total. The van der Waals surface area contributed by atoms with Gasteiger partial charge in [0.05, 0.1) is 19.6 Å². The lowest BCUT2D eigenvalue weighted by molar-refractivity contribution is 0.0955. The number of furan rings is 1. The van der Waals surface area contributed by atoms with E-state index in [9.17, 15) is 4.79 Å². The number of hydrogen-bond acceptors (Lipinski definition) is 4. The minimum atomic E-state index is -0.309. The summed E-state index contributed by atoms with van der Waals surface area (Å²) in [6, 6.07) is 10.3. The topological polar surface area (TPSA) is 63.8 Å². The zero-order valence-electron chi connectivity index (χ0n) is 9.79. The summed E-state index contributed by atoms with van der Waals surface area (Å²) in [6.07, 6.45) is 2.96. The number of benzene rings is 1. The summed E-state index contributed by atoms with van der Waals surface area (Å²) < 4.78 is 10.1. The lowest BCUT2D eigenvalue weighted by Crippen LogP contribution is -2.17. The van der Waals surface area contributed by atoms with Crippen molar-refractivity contribution in [1.82, 2.24) is 5.43 Å². The molecule has 0 saturated carbocycles. The maximum atomic E-state index is 11.7. The summed E-state index contributed by atoms with van der Waals surface area (Å²) in [5.74, 6) is 0.885. The van der Waals surface area contributed by atoms with Crippen LogP contribution in [0.5, 0.6) is 5.75 Å². The first-order chi connectivity index (χ1) is 8.79. The zero-order chi connectivity index (χ0) is 12.8. The number of amides is 1. The van der Waals surface area contributed by atoms with Crippen LogP contribution in [-0.4, -0.2) is 19.2 Å². The van der Waals surface area contributed by atoms with E-state index in [-0.39, 0.29) is 5.91 Å². The van der Waals surface area contributed by atoms with Gasteiger partial charge in [-0.25, -0.2) is 5.43 Å². The van der Waals surface area contributed by atoms with Gasteiger partial charge in [0.15, 0.2) is 0 Å². The number of ether oxygens (including phenoxy) is 1. The van der Waals surface area contributed by atoms with Crippen LogP contribution in [0.2, 0.25) is 0 Å². The second-order valence-corrected chi connectivity index (χ2v) is 3.45. The second-order valence-electron chi connectivity index (χ2n) is 3.45. The van der Waals surface area contributed by atoms with E-state index in [0.29, 0.717) is 17.1 Å². The molecule has 2 aromatic rings. The molecule has 0 spiro atoms. The van der Waals surface area contributed by atoms with Crippen molar-refractivity contribution in [3.05, 3.63) is 54.0 Å². The molecule has 0 radical (unpaired) electrons. The van der Waals surface area contributed by atoms with Crippen molar-refractivity contribution < 1.29 is 13.9 Å². The Kier molecular flexibility index (Phi) is 3.76. The number of hydrogen-bond donors (Lipinski definition) is 1. The zero-order valence-corrected chi connectivity index (χ0v) is 9.79. The third kappa shape index (κ3) is 2.98. The highest BCUT2D eigenvalue weighted by molar-refractivity contribution is 5.95.